The Bertz CT molecular complexity index is 476. The van der Waals surface area contributed by atoms with Gasteiger partial charge in [0.2, 0.25) is 10.0 Å². The molecule has 0 saturated heterocycles. The number of hydrogen-bond donors (Lipinski definition) is 2. The van der Waals surface area contributed by atoms with E-state index in [0.29, 0.717) is 0 Å². The minimum atomic E-state index is -3.69. The standard InChI is InChI=1S/C9H12BrFN2O2S/c1-6(12)5-13-16(14,15)7-2-3-8(10)9(11)4-7/h2-4,6,13H,5,12H2,1H3. The van der Waals surface area contributed by atoms with Crippen LogP contribution in [0.4, 0.5) is 4.39 Å². The van der Waals surface area contributed by atoms with E-state index in [1.165, 1.54) is 12.1 Å². The molecule has 1 aromatic rings. The van der Waals surface area contributed by atoms with E-state index in [9.17, 15) is 12.8 Å². The van der Waals surface area contributed by atoms with Crippen molar-refractivity contribution in [1.82, 2.24) is 4.72 Å². The van der Waals surface area contributed by atoms with Gasteiger partial charge in [-0.05, 0) is 41.1 Å². The van der Waals surface area contributed by atoms with E-state index in [0.717, 1.165) is 6.07 Å². The van der Waals surface area contributed by atoms with Crippen molar-refractivity contribution in [3.63, 3.8) is 0 Å². The van der Waals surface area contributed by atoms with Crippen molar-refractivity contribution in [1.29, 1.82) is 0 Å². The van der Waals surface area contributed by atoms with E-state index < -0.39 is 15.8 Å². The van der Waals surface area contributed by atoms with E-state index in [1.54, 1.807) is 6.92 Å². The number of halogens is 2. The predicted octanol–water partition coefficient (Wildman–Crippen LogP) is 1.21. The van der Waals surface area contributed by atoms with Crippen LogP contribution in [0.15, 0.2) is 27.6 Å². The smallest absolute Gasteiger partial charge is 0.240 e. The molecule has 1 atom stereocenters. The summed E-state index contributed by atoms with van der Waals surface area (Å²) in [7, 11) is -3.69. The summed E-state index contributed by atoms with van der Waals surface area (Å²) in [4.78, 5) is -0.117. The number of nitrogens with one attached hydrogen (secondary N) is 1. The number of nitrogens with two attached hydrogens (primary N) is 1. The second kappa shape index (κ2) is 5.22. The maximum atomic E-state index is 13.1. The Morgan fingerprint density at radius 1 is 1.56 bits per heavy atom. The predicted molar refractivity (Wildman–Crippen MR) is 62.9 cm³/mol. The SMILES string of the molecule is CC(N)CNS(=O)(=O)c1ccc(Br)c(F)c1. The monoisotopic (exact) mass is 310 g/mol. The van der Waals surface area contributed by atoms with Crippen molar-refractivity contribution in [2.24, 2.45) is 5.73 Å². The van der Waals surface area contributed by atoms with E-state index in [4.69, 9.17) is 5.73 Å². The Labute approximate surface area is 102 Å². The van der Waals surface area contributed by atoms with Gasteiger partial charge in [0.05, 0.1) is 9.37 Å². The van der Waals surface area contributed by atoms with Gasteiger partial charge < -0.3 is 5.73 Å². The Morgan fingerprint density at radius 3 is 2.69 bits per heavy atom. The van der Waals surface area contributed by atoms with Crippen LogP contribution in [0.3, 0.4) is 0 Å². The lowest BCUT2D eigenvalue weighted by Crippen LogP contribution is -2.35. The van der Waals surface area contributed by atoms with Gasteiger partial charge in [0.25, 0.3) is 0 Å². The van der Waals surface area contributed by atoms with Gasteiger partial charge in [-0.1, -0.05) is 0 Å². The Balaban J connectivity index is 2.94. The number of rotatable bonds is 4. The fourth-order valence-corrected chi connectivity index (χ4v) is 2.37. The summed E-state index contributed by atoms with van der Waals surface area (Å²) >= 11 is 2.95. The van der Waals surface area contributed by atoms with E-state index in [1.807, 2.05) is 0 Å². The van der Waals surface area contributed by atoms with Crippen LogP contribution in [0.2, 0.25) is 0 Å². The first-order valence-electron chi connectivity index (χ1n) is 4.53. The first-order valence-corrected chi connectivity index (χ1v) is 6.81. The summed E-state index contributed by atoms with van der Waals surface area (Å²) in [6.07, 6.45) is 0. The number of hydrogen-bond acceptors (Lipinski definition) is 3. The molecule has 0 amide bonds. The molecule has 4 nitrogen and oxygen atoms in total. The molecule has 1 aromatic carbocycles. The zero-order valence-corrected chi connectivity index (χ0v) is 11.0. The molecule has 1 rings (SSSR count). The van der Waals surface area contributed by atoms with Crippen LogP contribution in [0.1, 0.15) is 6.92 Å². The second-order valence-corrected chi connectivity index (χ2v) is 6.03. The molecule has 0 saturated carbocycles. The van der Waals surface area contributed by atoms with Gasteiger partial charge in [-0.25, -0.2) is 17.5 Å². The molecule has 1 unspecified atom stereocenters. The first-order chi connectivity index (χ1) is 7.33. The zero-order valence-electron chi connectivity index (χ0n) is 8.57. The minimum Gasteiger partial charge on any atom is -0.327 e. The second-order valence-electron chi connectivity index (χ2n) is 3.41. The summed E-state index contributed by atoms with van der Waals surface area (Å²) in [6.45, 7) is 1.78. The summed E-state index contributed by atoms with van der Waals surface area (Å²) in [5, 5.41) is 0. The Kier molecular flexibility index (Phi) is 4.43. The highest BCUT2D eigenvalue weighted by Gasteiger charge is 2.15. The lowest BCUT2D eigenvalue weighted by Gasteiger charge is -2.09. The van der Waals surface area contributed by atoms with Crippen LogP contribution in [0.5, 0.6) is 0 Å². The molecule has 0 fully saturated rings. The van der Waals surface area contributed by atoms with E-state index in [2.05, 4.69) is 20.7 Å². The molecule has 0 aliphatic rings. The highest BCUT2D eigenvalue weighted by atomic mass is 79.9. The van der Waals surface area contributed by atoms with E-state index >= 15 is 0 Å². The third-order valence-electron chi connectivity index (χ3n) is 1.80. The molecular weight excluding hydrogens is 299 g/mol. The van der Waals surface area contributed by atoms with Crippen molar-refractivity contribution in [3.8, 4) is 0 Å². The van der Waals surface area contributed by atoms with Crippen molar-refractivity contribution >= 4 is 26.0 Å². The van der Waals surface area contributed by atoms with Gasteiger partial charge >= 0.3 is 0 Å². The molecule has 0 aliphatic heterocycles. The van der Waals surface area contributed by atoms with Crippen LogP contribution in [0.25, 0.3) is 0 Å². The topological polar surface area (TPSA) is 72.2 Å². The minimum absolute atomic E-state index is 0.111. The fraction of sp³-hybridized carbons (Fsp3) is 0.333. The van der Waals surface area contributed by atoms with Crippen molar-refractivity contribution in [2.75, 3.05) is 6.54 Å². The fourth-order valence-electron chi connectivity index (χ4n) is 0.968. The maximum absolute atomic E-state index is 13.1. The molecule has 7 heteroatoms. The van der Waals surface area contributed by atoms with Crippen LogP contribution in [-0.2, 0) is 10.0 Å². The lowest BCUT2D eigenvalue weighted by molar-refractivity contribution is 0.570. The summed E-state index contributed by atoms with van der Waals surface area (Å²) < 4.78 is 39.0. The number of benzene rings is 1. The number of sulfonamides is 1. The summed E-state index contributed by atoms with van der Waals surface area (Å²) in [5.41, 5.74) is 5.42. The molecular formula is C9H12BrFN2O2S. The average Bonchev–Trinajstić information content (AvgIpc) is 2.19. The Morgan fingerprint density at radius 2 is 2.19 bits per heavy atom. The average molecular weight is 311 g/mol. The van der Waals surface area contributed by atoms with Gasteiger partial charge in [0.1, 0.15) is 5.82 Å². The van der Waals surface area contributed by atoms with Gasteiger partial charge in [-0.2, -0.15) is 0 Å². The quantitative estimate of drug-likeness (QED) is 0.878. The largest absolute Gasteiger partial charge is 0.327 e. The third kappa shape index (κ3) is 3.51. The molecule has 16 heavy (non-hydrogen) atoms. The van der Waals surface area contributed by atoms with Gasteiger partial charge in [0, 0.05) is 12.6 Å². The molecule has 0 aliphatic carbocycles. The lowest BCUT2D eigenvalue weighted by atomic mass is 10.3. The van der Waals surface area contributed by atoms with Crippen molar-refractivity contribution in [2.45, 2.75) is 17.9 Å². The Hall–Kier alpha value is -0.500. The van der Waals surface area contributed by atoms with Crippen LogP contribution >= 0.6 is 15.9 Å². The molecule has 0 spiro atoms. The van der Waals surface area contributed by atoms with E-state index in [-0.39, 0.29) is 22.0 Å². The van der Waals surface area contributed by atoms with Crippen LogP contribution < -0.4 is 10.5 Å². The first kappa shape index (κ1) is 13.6. The third-order valence-corrected chi connectivity index (χ3v) is 3.86. The zero-order chi connectivity index (χ0) is 12.3. The molecule has 0 heterocycles. The summed E-state index contributed by atoms with van der Waals surface area (Å²) in [5.74, 6) is -0.622. The highest BCUT2D eigenvalue weighted by molar-refractivity contribution is 9.10. The van der Waals surface area contributed by atoms with Crippen LogP contribution in [-0.4, -0.2) is 21.0 Å². The molecule has 0 radical (unpaired) electrons. The van der Waals surface area contributed by atoms with Gasteiger partial charge in [0.15, 0.2) is 0 Å². The molecule has 3 N–H and O–H groups in total. The van der Waals surface area contributed by atoms with Gasteiger partial charge in [-0.15, -0.1) is 0 Å². The van der Waals surface area contributed by atoms with Crippen LogP contribution in [0, 0.1) is 5.82 Å². The highest BCUT2D eigenvalue weighted by Crippen LogP contribution is 2.19. The van der Waals surface area contributed by atoms with Gasteiger partial charge in [-0.3, -0.25) is 0 Å². The normalized spacial score (nSPS) is 13.8. The molecule has 0 bridgehead atoms. The van der Waals surface area contributed by atoms with Crippen molar-refractivity contribution in [3.05, 3.63) is 28.5 Å². The summed E-state index contributed by atoms with van der Waals surface area (Å²) in [6, 6.07) is 3.31. The molecule has 0 aromatic heterocycles. The van der Waals surface area contributed by atoms with Crippen molar-refractivity contribution < 1.29 is 12.8 Å². The maximum Gasteiger partial charge on any atom is 0.240 e. The molecule has 90 valence electrons.